The van der Waals surface area contributed by atoms with E-state index in [1.54, 1.807) is 18.2 Å². The van der Waals surface area contributed by atoms with Crippen molar-refractivity contribution in [1.82, 2.24) is 0 Å². The Bertz CT molecular complexity index is 597. The second-order valence-corrected chi connectivity index (χ2v) is 5.32. The number of rotatable bonds is 4. The van der Waals surface area contributed by atoms with E-state index in [1.165, 1.54) is 6.07 Å². The van der Waals surface area contributed by atoms with Gasteiger partial charge in [0.15, 0.2) is 11.6 Å². The molecule has 106 valence electrons. The molecule has 0 spiro atoms. The van der Waals surface area contributed by atoms with Crippen LogP contribution in [0, 0.1) is 11.6 Å². The maximum absolute atomic E-state index is 13.3. The van der Waals surface area contributed by atoms with Crippen LogP contribution < -0.4 is 5.73 Å². The molecule has 0 amide bonds. The monoisotopic (exact) mass is 315 g/mol. The minimum absolute atomic E-state index is 0.178. The summed E-state index contributed by atoms with van der Waals surface area (Å²) in [4.78, 5) is 0. The average molecular weight is 316 g/mol. The Morgan fingerprint density at radius 2 is 1.65 bits per heavy atom. The summed E-state index contributed by atoms with van der Waals surface area (Å²) in [7, 11) is 0. The third kappa shape index (κ3) is 3.29. The molecule has 0 saturated carbocycles. The van der Waals surface area contributed by atoms with Gasteiger partial charge in [-0.2, -0.15) is 0 Å². The first-order chi connectivity index (χ1) is 9.52. The van der Waals surface area contributed by atoms with E-state index in [9.17, 15) is 8.78 Å². The Morgan fingerprint density at radius 3 is 2.20 bits per heavy atom. The van der Waals surface area contributed by atoms with Crippen molar-refractivity contribution in [2.24, 2.45) is 5.73 Å². The standard InChI is InChI=1S/C15H13Cl2F2N/c16-12-2-1-3-13(17)11(12)6-10(8-20)9-4-5-14(18)15(19)7-9/h1-5,7,10H,6,8,20H2. The normalized spacial score (nSPS) is 12.4. The van der Waals surface area contributed by atoms with Gasteiger partial charge < -0.3 is 5.73 Å². The van der Waals surface area contributed by atoms with Gasteiger partial charge in [-0.1, -0.05) is 35.3 Å². The SMILES string of the molecule is NCC(Cc1c(Cl)cccc1Cl)c1ccc(F)c(F)c1. The maximum atomic E-state index is 13.3. The van der Waals surface area contributed by atoms with Crippen molar-refractivity contribution in [3.05, 3.63) is 69.2 Å². The Kier molecular flexibility index (Phi) is 4.97. The van der Waals surface area contributed by atoms with Gasteiger partial charge in [-0.05, 0) is 48.4 Å². The highest BCUT2D eigenvalue weighted by atomic mass is 35.5. The predicted molar refractivity (Wildman–Crippen MR) is 78.3 cm³/mol. The largest absolute Gasteiger partial charge is 0.330 e. The molecule has 0 aliphatic rings. The van der Waals surface area contributed by atoms with Crippen LogP contribution in [0.4, 0.5) is 8.78 Å². The lowest BCUT2D eigenvalue weighted by atomic mass is 9.92. The zero-order valence-electron chi connectivity index (χ0n) is 10.5. The lowest BCUT2D eigenvalue weighted by Gasteiger charge is -2.17. The highest BCUT2D eigenvalue weighted by Crippen LogP contribution is 2.30. The zero-order chi connectivity index (χ0) is 14.7. The summed E-state index contributed by atoms with van der Waals surface area (Å²) in [5, 5.41) is 1.08. The first kappa shape index (κ1) is 15.2. The van der Waals surface area contributed by atoms with E-state index >= 15 is 0 Å². The highest BCUT2D eigenvalue weighted by molar-refractivity contribution is 6.36. The number of hydrogen-bond donors (Lipinski definition) is 1. The number of hydrogen-bond acceptors (Lipinski definition) is 1. The summed E-state index contributed by atoms with van der Waals surface area (Å²) in [5.74, 6) is -1.94. The van der Waals surface area contributed by atoms with Gasteiger partial charge in [-0.3, -0.25) is 0 Å². The molecule has 2 aromatic rings. The molecule has 0 radical (unpaired) electrons. The average Bonchev–Trinajstić information content (AvgIpc) is 2.42. The second-order valence-electron chi connectivity index (χ2n) is 4.51. The van der Waals surface area contributed by atoms with Crippen LogP contribution in [0.5, 0.6) is 0 Å². The molecule has 0 aromatic heterocycles. The second kappa shape index (κ2) is 6.53. The van der Waals surface area contributed by atoms with E-state index in [0.29, 0.717) is 22.0 Å². The zero-order valence-corrected chi connectivity index (χ0v) is 12.1. The predicted octanol–water partition coefficient (Wildman–Crippen LogP) is 4.56. The molecule has 0 heterocycles. The molecule has 5 heteroatoms. The summed E-state index contributed by atoms with van der Waals surface area (Å²) >= 11 is 12.2. The molecule has 0 bridgehead atoms. The number of benzene rings is 2. The van der Waals surface area contributed by atoms with Crippen molar-refractivity contribution in [2.45, 2.75) is 12.3 Å². The van der Waals surface area contributed by atoms with Gasteiger partial charge in [0.05, 0.1) is 0 Å². The minimum Gasteiger partial charge on any atom is -0.330 e. The molecule has 2 N–H and O–H groups in total. The third-order valence-corrected chi connectivity index (χ3v) is 3.92. The smallest absolute Gasteiger partial charge is 0.159 e. The Balaban J connectivity index is 2.31. The van der Waals surface area contributed by atoms with Gasteiger partial charge in [-0.25, -0.2) is 8.78 Å². The topological polar surface area (TPSA) is 26.0 Å². The van der Waals surface area contributed by atoms with Crippen molar-refractivity contribution < 1.29 is 8.78 Å². The van der Waals surface area contributed by atoms with Crippen molar-refractivity contribution in [3.63, 3.8) is 0 Å². The van der Waals surface area contributed by atoms with Crippen molar-refractivity contribution in [1.29, 1.82) is 0 Å². The summed E-state index contributed by atoms with van der Waals surface area (Å²) < 4.78 is 26.3. The molecule has 20 heavy (non-hydrogen) atoms. The van der Waals surface area contributed by atoms with Gasteiger partial charge in [0.25, 0.3) is 0 Å². The third-order valence-electron chi connectivity index (χ3n) is 3.21. The Hall–Kier alpha value is -1.16. The summed E-state index contributed by atoms with van der Waals surface area (Å²) in [6.07, 6.45) is 0.472. The molecule has 2 aromatic carbocycles. The molecule has 0 aliphatic carbocycles. The fourth-order valence-corrected chi connectivity index (χ4v) is 2.63. The quantitative estimate of drug-likeness (QED) is 0.879. The minimum atomic E-state index is -0.883. The molecule has 0 fully saturated rings. The molecular weight excluding hydrogens is 303 g/mol. The molecule has 0 saturated heterocycles. The first-order valence-corrected chi connectivity index (χ1v) is 6.86. The van der Waals surface area contributed by atoms with E-state index < -0.39 is 11.6 Å². The first-order valence-electron chi connectivity index (χ1n) is 6.10. The van der Waals surface area contributed by atoms with Gasteiger partial charge in [0, 0.05) is 16.0 Å². The van der Waals surface area contributed by atoms with E-state index in [4.69, 9.17) is 28.9 Å². The molecule has 1 atom stereocenters. The summed E-state index contributed by atoms with van der Waals surface area (Å²) in [6, 6.07) is 9.02. The van der Waals surface area contributed by atoms with Crippen LogP contribution in [0.15, 0.2) is 36.4 Å². The lowest BCUT2D eigenvalue weighted by molar-refractivity contribution is 0.505. The van der Waals surface area contributed by atoms with Crippen molar-refractivity contribution in [2.75, 3.05) is 6.54 Å². The van der Waals surface area contributed by atoms with E-state index in [0.717, 1.165) is 17.7 Å². The van der Waals surface area contributed by atoms with Gasteiger partial charge in [0.2, 0.25) is 0 Å². The number of nitrogens with two attached hydrogens (primary N) is 1. The molecule has 1 nitrogen and oxygen atoms in total. The van der Waals surface area contributed by atoms with Gasteiger partial charge in [0.1, 0.15) is 0 Å². The van der Waals surface area contributed by atoms with E-state index in [-0.39, 0.29) is 12.5 Å². The molecular formula is C15H13Cl2F2N. The highest BCUT2D eigenvalue weighted by Gasteiger charge is 2.16. The van der Waals surface area contributed by atoms with Crippen LogP contribution in [0.2, 0.25) is 10.0 Å². The lowest BCUT2D eigenvalue weighted by Crippen LogP contribution is -2.16. The van der Waals surface area contributed by atoms with E-state index in [2.05, 4.69) is 0 Å². The van der Waals surface area contributed by atoms with Crippen LogP contribution in [0.25, 0.3) is 0 Å². The van der Waals surface area contributed by atoms with Crippen LogP contribution in [0.1, 0.15) is 17.0 Å². The van der Waals surface area contributed by atoms with Crippen LogP contribution in [-0.2, 0) is 6.42 Å². The Morgan fingerprint density at radius 1 is 1.00 bits per heavy atom. The maximum Gasteiger partial charge on any atom is 0.159 e. The van der Waals surface area contributed by atoms with E-state index in [1.807, 2.05) is 0 Å². The van der Waals surface area contributed by atoms with Crippen LogP contribution >= 0.6 is 23.2 Å². The van der Waals surface area contributed by atoms with Crippen LogP contribution in [0.3, 0.4) is 0 Å². The fourth-order valence-electron chi connectivity index (χ4n) is 2.08. The molecule has 0 aliphatic heterocycles. The fraction of sp³-hybridized carbons (Fsp3) is 0.200. The summed E-state index contributed by atoms with van der Waals surface area (Å²) in [6.45, 7) is 0.284. The van der Waals surface area contributed by atoms with Gasteiger partial charge >= 0.3 is 0 Å². The van der Waals surface area contributed by atoms with Crippen LogP contribution in [-0.4, -0.2) is 6.54 Å². The van der Waals surface area contributed by atoms with Crippen molar-refractivity contribution in [3.8, 4) is 0 Å². The molecule has 2 rings (SSSR count). The van der Waals surface area contributed by atoms with Crippen molar-refractivity contribution >= 4 is 23.2 Å². The summed E-state index contributed by atoms with van der Waals surface area (Å²) in [5.41, 5.74) is 7.13. The Labute approximate surface area is 126 Å². The van der Waals surface area contributed by atoms with Gasteiger partial charge in [-0.15, -0.1) is 0 Å². The molecule has 1 unspecified atom stereocenters. The number of halogens is 4.